The average Bonchev–Trinajstić information content (AvgIpc) is 1.83. The summed E-state index contributed by atoms with van der Waals surface area (Å²) < 4.78 is 31.7. The second kappa shape index (κ2) is 4.52. The van der Waals surface area contributed by atoms with Crippen LogP contribution in [0.4, 0.5) is 0 Å². The van der Waals surface area contributed by atoms with Gasteiger partial charge < -0.3 is 4.55 Å². The van der Waals surface area contributed by atoms with E-state index in [-0.39, 0.29) is 40.1 Å². The summed E-state index contributed by atoms with van der Waals surface area (Å²) in [7, 11) is -4.36. The number of aromatic nitrogens is 1. The molecule has 0 bridgehead atoms. The first kappa shape index (κ1) is 13.1. The number of nitrogens with zero attached hydrogens (tertiary/aromatic N) is 1. The zero-order valence-corrected chi connectivity index (χ0v) is 10.6. The fourth-order valence-electron chi connectivity index (χ4n) is 0.938. The van der Waals surface area contributed by atoms with Crippen LogP contribution in [0, 0.1) is 13.8 Å². The Hall–Kier alpha value is 0.0600. The van der Waals surface area contributed by atoms with E-state index in [4.69, 9.17) is 0 Å². The van der Waals surface area contributed by atoms with Gasteiger partial charge in [0.05, 0.1) is 10.6 Å². The summed E-state index contributed by atoms with van der Waals surface area (Å²) in [5.74, 6) is 0. The van der Waals surface area contributed by atoms with E-state index in [0.29, 0.717) is 5.69 Å². The summed E-state index contributed by atoms with van der Waals surface area (Å²) in [6.45, 7) is 3.23. The summed E-state index contributed by atoms with van der Waals surface area (Å²) in [4.78, 5) is 3.62. The van der Waals surface area contributed by atoms with Crippen molar-refractivity contribution in [3.05, 3.63) is 23.5 Å². The predicted octanol–water partition coefficient (Wildman–Crippen LogP) is -2.39. The first-order valence-corrected chi connectivity index (χ1v) is 4.72. The molecule has 0 aromatic carbocycles. The first-order chi connectivity index (χ1) is 5.41. The first-order valence-electron chi connectivity index (χ1n) is 3.31. The van der Waals surface area contributed by atoms with Crippen molar-refractivity contribution in [1.82, 2.24) is 4.98 Å². The Kier molecular flexibility index (Phi) is 4.54. The van der Waals surface area contributed by atoms with Crippen molar-refractivity contribution in [2.24, 2.45) is 0 Å². The molecule has 0 aliphatic rings. The van der Waals surface area contributed by atoms with Crippen molar-refractivity contribution in [3.63, 3.8) is 0 Å². The summed E-state index contributed by atoms with van der Waals surface area (Å²) >= 11 is 0. The van der Waals surface area contributed by atoms with Gasteiger partial charge in [-0.25, -0.2) is 8.42 Å². The molecule has 13 heavy (non-hydrogen) atoms. The van der Waals surface area contributed by atoms with Crippen LogP contribution in [0.3, 0.4) is 0 Å². The van der Waals surface area contributed by atoms with Gasteiger partial charge >= 0.3 is 29.6 Å². The number of aryl methyl sites for hydroxylation is 2. The zero-order chi connectivity index (χ0) is 9.35. The van der Waals surface area contributed by atoms with Gasteiger partial charge in [-0.1, -0.05) is 0 Å². The van der Waals surface area contributed by atoms with E-state index in [2.05, 4.69) is 4.98 Å². The number of hydrogen-bond acceptors (Lipinski definition) is 4. The topological polar surface area (TPSA) is 70.1 Å². The summed E-state index contributed by atoms with van der Waals surface area (Å²) in [6, 6.07) is 2.78. The molecule has 0 saturated heterocycles. The van der Waals surface area contributed by atoms with Crippen LogP contribution in [0.15, 0.2) is 17.0 Å². The van der Waals surface area contributed by atoms with Crippen LogP contribution in [0.2, 0.25) is 0 Å². The van der Waals surface area contributed by atoms with Crippen LogP contribution in [0.25, 0.3) is 0 Å². The van der Waals surface area contributed by atoms with Gasteiger partial charge in [-0.3, -0.25) is 4.98 Å². The minimum absolute atomic E-state index is 0. The molecule has 0 radical (unpaired) electrons. The molecule has 4 nitrogen and oxygen atoms in total. The molecule has 0 N–H and O–H groups in total. The largest absolute Gasteiger partial charge is 1.00 e. The normalized spacial score (nSPS) is 10.7. The minimum atomic E-state index is -4.36. The van der Waals surface area contributed by atoms with E-state index in [1.165, 1.54) is 19.1 Å². The summed E-state index contributed by atoms with van der Waals surface area (Å²) in [5.41, 5.74) is 0.949. The molecule has 1 aromatic heterocycles. The van der Waals surface area contributed by atoms with Gasteiger partial charge in [-0.2, -0.15) is 0 Å². The maximum atomic E-state index is 10.6. The smallest absolute Gasteiger partial charge is 0.744 e. The molecule has 66 valence electrons. The quantitative estimate of drug-likeness (QED) is 0.382. The van der Waals surface area contributed by atoms with Gasteiger partial charge in [0.15, 0.2) is 0 Å². The van der Waals surface area contributed by atoms with E-state index in [1.54, 1.807) is 6.92 Å². The predicted molar refractivity (Wildman–Crippen MR) is 41.7 cm³/mol. The van der Waals surface area contributed by atoms with Gasteiger partial charge in [0.25, 0.3) is 0 Å². The fourth-order valence-corrected chi connectivity index (χ4v) is 1.58. The Morgan fingerprint density at radius 3 is 2.23 bits per heavy atom. The SMILES string of the molecule is Cc1ccc(S(=O)(=O)[O-])c(C)n1.[Na+]. The number of rotatable bonds is 1. The Balaban J connectivity index is 0.00000144. The van der Waals surface area contributed by atoms with Gasteiger partial charge in [0.2, 0.25) is 0 Å². The van der Waals surface area contributed by atoms with Gasteiger partial charge in [-0.05, 0) is 26.0 Å². The minimum Gasteiger partial charge on any atom is -0.744 e. The van der Waals surface area contributed by atoms with E-state index < -0.39 is 10.1 Å². The van der Waals surface area contributed by atoms with E-state index in [0.717, 1.165) is 0 Å². The molecular weight excluding hydrogens is 201 g/mol. The third kappa shape index (κ3) is 3.36. The Bertz CT molecular complexity index is 402. The number of hydrogen-bond donors (Lipinski definition) is 0. The summed E-state index contributed by atoms with van der Waals surface area (Å²) in [6.07, 6.45) is 0. The van der Waals surface area contributed by atoms with Crippen molar-refractivity contribution in [2.45, 2.75) is 18.7 Å². The average molecular weight is 209 g/mol. The van der Waals surface area contributed by atoms with Crippen molar-refractivity contribution >= 4 is 10.1 Å². The molecule has 0 fully saturated rings. The van der Waals surface area contributed by atoms with Crippen LogP contribution < -0.4 is 29.6 Å². The zero-order valence-electron chi connectivity index (χ0n) is 7.73. The number of pyridine rings is 1. The molecule has 0 saturated carbocycles. The molecule has 0 atom stereocenters. The third-order valence-corrected chi connectivity index (χ3v) is 2.42. The second-order valence-electron chi connectivity index (χ2n) is 2.49. The molecule has 0 aliphatic carbocycles. The van der Waals surface area contributed by atoms with Crippen LogP contribution in [0.5, 0.6) is 0 Å². The fraction of sp³-hybridized carbons (Fsp3) is 0.286. The van der Waals surface area contributed by atoms with Crippen molar-refractivity contribution in [2.75, 3.05) is 0 Å². The van der Waals surface area contributed by atoms with E-state index >= 15 is 0 Å². The third-order valence-electron chi connectivity index (χ3n) is 1.45. The van der Waals surface area contributed by atoms with Crippen LogP contribution in [-0.2, 0) is 10.1 Å². The molecule has 1 heterocycles. The molecular formula is C7H8NNaO3S. The van der Waals surface area contributed by atoms with Crippen LogP contribution in [0.1, 0.15) is 11.4 Å². The molecule has 6 heteroatoms. The van der Waals surface area contributed by atoms with Crippen molar-refractivity contribution < 1.29 is 42.5 Å². The Morgan fingerprint density at radius 2 is 1.85 bits per heavy atom. The van der Waals surface area contributed by atoms with Crippen LogP contribution in [-0.4, -0.2) is 18.0 Å². The molecule has 0 spiro atoms. The molecule has 0 amide bonds. The Morgan fingerprint density at radius 1 is 1.31 bits per heavy atom. The van der Waals surface area contributed by atoms with E-state index in [1.807, 2.05) is 0 Å². The van der Waals surface area contributed by atoms with Gasteiger partial charge in [0, 0.05) is 5.69 Å². The summed E-state index contributed by atoms with van der Waals surface area (Å²) in [5, 5.41) is 0. The maximum Gasteiger partial charge on any atom is 1.00 e. The molecule has 1 aromatic rings. The van der Waals surface area contributed by atoms with Gasteiger partial charge in [0.1, 0.15) is 10.1 Å². The second-order valence-corrected chi connectivity index (χ2v) is 3.84. The molecule has 0 unspecified atom stereocenters. The molecule has 1 rings (SSSR count). The van der Waals surface area contributed by atoms with E-state index in [9.17, 15) is 13.0 Å². The monoisotopic (exact) mass is 209 g/mol. The van der Waals surface area contributed by atoms with Crippen LogP contribution >= 0.6 is 0 Å². The van der Waals surface area contributed by atoms with Gasteiger partial charge in [-0.15, -0.1) is 0 Å². The molecule has 0 aliphatic heterocycles. The standard InChI is InChI=1S/C7H9NO3S.Na/c1-5-3-4-7(6(2)8-5)12(9,10)11;/h3-4H,1-2H3,(H,9,10,11);/q;+1/p-1. The Labute approximate surface area is 99.4 Å². The maximum absolute atomic E-state index is 10.6. The van der Waals surface area contributed by atoms with Crippen molar-refractivity contribution in [3.8, 4) is 0 Å². The van der Waals surface area contributed by atoms with Crippen molar-refractivity contribution in [1.29, 1.82) is 0 Å².